The van der Waals surface area contributed by atoms with Crippen molar-refractivity contribution >= 4 is 5.91 Å². The number of alkyl halides is 2. The highest BCUT2D eigenvalue weighted by Crippen LogP contribution is 1.98. The minimum atomic E-state index is -3.08. The van der Waals surface area contributed by atoms with Crippen LogP contribution >= 0.6 is 0 Å². The Balaban J connectivity index is 3.81. The van der Waals surface area contributed by atoms with Crippen LogP contribution in [0.4, 0.5) is 8.78 Å². The molecule has 5 heteroatoms. The van der Waals surface area contributed by atoms with Crippen LogP contribution in [0.15, 0.2) is 0 Å². The van der Waals surface area contributed by atoms with Crippen LogP contribution in [-0.4, -0.2) is 23.2 Å². The third-order valence-electron chi connectivity index (χ3n) is 0.627. The van der Waals surface area contributed by atoms with Gasteiger partial charge in [0.05, 0.1) is 0 Å². The molecule has 0 heterocycles. The normalized spacial score (nSPS) is 11.8. The van der Waals surface area contributed by atoms with Crippen LogP contribution in [0.1, 0.15) is 13.8 Å². The van der Waals surface area contributed by atoms with Crippen molar-refractivity contribution in [2.45, 2.75) is 26.0 Å². The van der Waals surface area contributed by atoms with Crippen molar-refractivity contribution in [3.63, 3.8) is 0 Å². The van der Waals surface area contributed by atoms with Crippen molar-refractivity contribution in [2.75, 3.05) is 0 Å². The number of nitrogens with one attached hydrogen (secondary N) is 1. The van der Waals surface area contributed by atoms with Crippen LogP contribution in [-0.2, 0) is 4.79 Å². The van der Waals surface area contributed by atoms with Gasteiger partial charge < -0.3 is 10.4 Å². The number of aliphatic hydroxyl groups is 1. The molecular weight excluding hydrogens is 144 g/mol. The van der Waals surface area contributed by atoms with E-state index in [0.29, 0.717) is 0 Å². The molecule has 0 saturated heterocycles. The minimum absolute atomic E-state index is 1.20. The summed E-state index contributed by atoms with van der Waals surface area (Å²) in [5.41, 5.74) is -1.58. The lowest BCUT2D eigenvalue weighted by atomic mass is 10.3. The van der Waals surface area contributed by atoms with Gasteiger partial charge in [-0.05, 0) is 13.8 Å². The summed E-state index contributed by atoms with van der Waals surface area (Å²) in [5.74, 6) is -1.47. The first-order chi connectivity index (χ1) is 4.33. The predicted octanol–water partition coefficient (Wildman–Crippen LogP) is 0.0961. The van der Waals surface area contributed by atoms with Gasteiger partial charge in [-0.15, -0.1) is 0 Å². The molecule has 0 unspecified atom stereocenters. The number of hydrogen-bond donors (Lipinski definition) is 2. The summed E-state index contributed by atoms with van der Waals surface area (Å²) in [5, 5.41) is 10.5. The van der Waals surface area contributed by atoms with E-state index in [9.17, 15) is 13.6 Å². The Morgan fingerprint density at radius 2 is 2.00 bits per heavy atom. The lowest BCUT2D eigenvalue weighted by Crippen LogP contribution is -2.45. The molecule has 10 heavy (non-hydrogen) atoms. The average molecular weight is 153 g/mol. The smallest absolute Gasteiger partial charge is 0.315 e. The van der Waals surface area contributed by atoms with Gasteiger partial charge in [0, 0.05) is 0 Å². The first-order valence-electron chi connectivity index (χ1n) is 2.65. The van der Waals surface area contributed by atoms with Gasteiger partial charge in [0.2, 0.25) is 0 Å². The van der Waals surface area contributed by atoms with Crippen molar-refractivity contribution in [1.82, 2.24) is 5.32 Å². The number of carbonyl (C=O) groups excluding carboxylic acids is 1. The summed E-state index contributed by atoms with van der Waals surface area (Å²) in [6, 6.07) is 0. The van der Waals surface area contributed by atoms with Crippen molar-refractivity contribution in [2.24, 2.45) is 0 Å². The fraction of sp³-hybridized carbons (Fsp3) is 0.800. The highest BCUT2D eigenvalue weighted by Gasteiger charge is 2.22. The zero-order valence-electron chi connectivity index (χ0n) is 5.69. The minimum Gasteiger partial charge on any atom is -0.372 e. The summed E-state index contributed by atoms with van der Waals surface area (Å²) in [7, 11) is 0. The van der Waals surface area contributed by atoms with Crippen LogP contribution in [0, 0.1) is 0 Å². The molecule has 0 aliphatic heterocycles. The van der Waals surface area contributed by atoms with Crippen molar-refractivity contribution in [3.8, 4) is 0 Å². The Morgan fingerprint density at radius 3 is 2.10 bits per heavy atom. The van der Waals surface area contributed by atoms with Gasteiger partial charge in [-0.1, -0.05) is 0 Å². The Hall–Kier alpha value is -0.710. The van der Waals surface area contributed by atoms with E-state index in [1.54, 1.807) is 5.32 Å². The first-order valence-corrected chi connectivity index (χ1v) is 2.65. The maximum Gasteiger partial charge on any atom is 0.315 e. The van der Waals surface area contributed by atoms with E-state index in [0.717, 1.165) is 0 Å². The lowest BCUT2D eigenvalue weighted by molar-refractivity contribution is -0.137. The summed E-state index contributed by atoms with van der Waals surface area (Å²) < 4.78 is 22.9. The van der Waals surface area contributed by atoms with Gasteiger partial charge in [0.25, 0.3) is 5.91 Å². The van der Waals surface area contributed by atoms with E-state index < -0.39 is 18.1 Å². The zero-order chi connectivity index (χ0) is 8.36. The SMILES string of the molecule is CC(C)(O)NC(=O)C(F)F. The molecule has 2 N–H and O–H groups in total. The number of amides is 1. The highest BCUT2D eigenvalue weighted by atomic mass is 19.3. The molecule has 1 amide bonds. The van der Waals surface area contributed by atoms with Crippen LogP contribution < -0.4 is 5.32 Å². The average Bonchev–Trinajstić information content (AvgIpc) is 1.60. The van der Waals surface area contributed by atoms with E-state index in [1.165, 1.54) is 13.8 Å². The molecule has 3 nitrogen and oxygen atoms in total. The summed E-state index contributed by atoms with van der Waals surface area (Å²) in [6.07, 6.45) is -3.08. The molecule has 0 aromatic rings. The largest absolute Gasteiger partial charge is 0.372 e. The Kier molecular flexibility index (Phi) is 2.71. The van der Waals surface area contributed by atoms with Gasteiger partial charge in [-0.3, -0.25) is 4.79 Å². The zero-order valence-corrected chi connectivity index (χ0v) is 5.69. The second-order valence-corrected chi connectivity index (χ2v) is 2.35. The maximum atomic E-state index is 11.4. The van der Waals surface area contributed by atoms with Crippen molar-refractivity contribution < 1.29 is 18.7 Å². The van der Waals surface area contributed by atoms with Gasteiger partial charge in [0.1, 0.15) is 5.72 Å². The molecule has 60 valence electrons. The maximum absolute atomic E-state index is 11.4. The fourth-order valence-electron chi connectivity index (χ4n) is 0.356. The van der Waals surface area contributed by atoms with Crippen molar-refractivity contribution in [1.29, 1.82) is 0 Å². The van der Waals surface area contributed by atoms with Crippen LogP contribution in [0.25, 0.3) is 0 Å². The Morgan fingerprint density at radius 1 is 1.60 bits per heavy atom. The molecule has 0 saturated carbocycles. The van der Waals surface area contributed by atoms with Gasteiger partial charge in [-0.2, -0.15) is 8.78 Å². The van der Waals surface area contributed by atoms with Crippen molar-refractivity contribution in [3.05, 3.63) is 0 Å². The van der Waals surface area contributed by atoms with Gasteiger partial charge >= 0.3 is 6.43 Å². The molecule has 0 radical (unpaired) electrons. The standard InChI is InChI=1S/C5H9F2NO2/c1-5(2,10)8-4(9)3(6)7/h3,10H,1-2H3,(H,8,9). The third kappa shape index (κ3) is 4.20. The molecule has 0 spiro atoms. The number of halogens is 2. The molecule has 0 aromatic carbocycles. The predicted molar refractivity (Wildman–Crippen MR) is 30.4 cm³/mol. The molecule has 0 aliphatic carbocycles. The number of rotatable bonds is 2. The number of carbonyl (C=O) groups is 1. The van der Waals surface area contributed by atoms with E-state index in [-0.39, 0.29) is 0 Å². The summed E-state index contributed by atoms with van der Waals surface area (Å²) >= 11 is 0. The molecule has 0 atom stereocenters. The second kappa shape index (κ2) is 2.92. The van der Waals surface area contributed by atoms with E-state index in [2.05, 4.69) is 0 Å². The monoisotopic (exact) mass is 153 g/mol. The fourth-order valence-corrected chi connectivity index (χ4v) is 0.356. The molecular formula is C5H9F2NO2. The Bertz CT molecular complexity index is 130. The second-order valence-electron chi connectivity index (χ2n) is 2.35. The van der Waals surface area contributed by atoms with Crippen LogP contribution in [0.5, 0.6) is 0 Å². The highest BCUT2D eigenvalue weighted by molar-refractivity contribution is 5.79. The lowest BCUT2D eigenvalue weighted by Gasteiger charge is -2.18. The number of hydrogen-bond acceptors (Lipinski definition) is 2. The van der Waals surface area contributed by atoms with Gasteiger partial charge in [-0.25, -0.2) is 0 Å². The molecule has 0 aliphatic rings. The van der Waals surface area contributed by atoms with Gasteiger partial charge in [0.15, 0.2) is 0 Å². The molecule has 0 bridgehead atoms. The first kappa shape index (κ1) is 9.29. The Labute approximate surface area is 57.0 Å². The topological polar surface area (TPSA) is 49.3 Å². The molecule has 0 fully saturated rings. The van der Waals surface area contributed by atoms with E-state index >= 15 is 0 Å². The van der Waals surface area contributed by atoms with E-state index in [1.807, 2.05) is 0 Å². The quantitative estimate of drug-likeness (QED) is 0.552. The van der Waals surface area contributed by atoms with Crippen LogP contribution in [0.3, 0.4) is 0 Å². The summed E-state index contributed by atoms with van der Waals surface area (Å²) in [6.45, 7) is 2.40. The third-order valence-corrected chi connectivity index (χ3v) is 0.627. The van der Waals surface area contributed by atoms with E-state index in [4.69, 9.17) is 5.11 Å². The summed E-state index contributed by atoms with van der Waals surface area (Å²) in [4.78, 5) is 10.1. The molecule has 0 aromatic heterocycles. The van der Waals surface area contributed by atoms with Crippen LogP contribution in [0.2, 0.25) is 0 Å². The molecule has 0 rings (SSSR count).